The Bertz CT molecular complexity index is 761. The van der Waals surface area contributed by atoms with E-state index in [1.54, 1.807) is 11.3 Å². The average Bonchev–Trinajstić information content (AvgIpc) is 3.18. The maximum Gasteiger partial charge on any atom is 0.206 e. The highest BCUT2D eigenvalue weighted by atomic mass is 32.1. The van der Waals surface area contributed by atoms with E-state index in [-0.39, 0.29) is 0 Å². The van der Waals surface area contributed by atoms with Gasteiger partial charge in [-0.05, 0) is 62.2 Å². The fourth-order valence-corrected chi connectivity index (χ4v) is 5.23. The first-order valence-corrected chi connectivity index (χ1v) is 11.8. The Kier molecular flexibility index (Phi) is 6.75. The van der Waals surface area contributed by atoms with Gasteiger partial charge < -0.3 is 16.0 Å². The summed E-state index contributed by atoms with van der Waals surface area (Å²) >= 11 is 7.10. The van der Waals surface area contributed by atoms with Gasteiger partial charge >= 0.3 is 0 Å². The summed E-state index contributed by atoms with van der Waals surface area (Å²) in [6, 6.07) is 9.34. The Balaban J connectivity index is 1.30. The Labute approximate surface area is 176 Å². The largest absolute Gasteiger partial charge is 0.360 e. The molecule has 2 aromatic rings. The van der Waals surface area contributed by atoms with Gasteiger partial charge in [0.05, 0.1) is 0 Å². The zero-order valence-electron chi connectivity index (χ0n) is 16.2. The lowest BCUT2D eigenvalue weighted by atomic mass is 9.96. The molecule has 2 saturated carbocycles. The molecule has 0 radical (unpaired) electrons. The van der Waals surface area contributed by atoms with E-state index in [9.17, 15) is 0 Å². The van der Waals surface area contributed by atoms with Gasteiger partial charge in [-0.3, -0.25) is 0 Å². The summed E-state index contributed by atoms with van der Waals surface area (Å²) in [5, 5.41) is 21.6. The number of rotatable bonds is 5. The molecule has 2 aliphatic rings. The van der Waals surface area contributed by atoms with Gasteiger partial charge in [0, 0.05) is 23.3 Å². The number of thiocarbonyl (C=S) groups is 1. The summed E-state index contributed by atoms with van der Waals surface area (Å²) in [4.78, 5) is 0. The van der Waals surface area contributed by atoms with Crippen molar-refractivity contribution >= 4 is 39.5 Å². The minimum absolute atomic E-state index is 0.518. The summed E-state index contributed by atoms with van der Waals surface area (Å²) in [5.74, 6) is 0. The van der Waals surface area contributed by atoms with E-state index in [2.05, 4.69) is 50.4 Å². The first-order chi connectivity index (χ1) is 13.8. The number of nitrogens with zero attached hydrogens (tertiary/aromatic N) is 2. The SMILES string of the molecule is S=C(Nc1ccc(-c2nnc(NC3CCCCC3)s2)cc1)NC1CCCCC1. The zero-order valence-corrected chi connectivity index (χ0v) is 17.9. The molecule has 2 fully saturated rings. The number of benzene rings is 1. The Hall–Kier alpha value is -1.73. The van der Waals surface area contributed by atoms with Crippen LogP contribution in [-0.4, -0.2) is 27.4 Å². The molecule has 1 aromatic carbocycles. The molecule has 2 aliphatic carbocycles. The van der Waals surface area contributed by atoms with Crippen LogP contribution in [0.15, 0.2) is 24.3 Å². The van der Waals surface area contributed by atoms with Crippen LogP contribution < -0.4 is 16.0 Å². The van der Waals surface area contributed by atoms with Gasteiger partial charge in [-0.25, -0.2) is 0 Å². The standard InChI is InChI=1S/C21H29N5S2/c27-20(22-16-7-3-1-4-8-16)23-18-13-11-15(12-14-18)19-25-26-21(28-19)24-17-9-5-2-6-10-17/h11-14,16-17H,1-10H2,(H,24,26)(H2,22,23,27). The number of nitrogens with one attached hydrogen (secondary N) is 3. The molecule has 4 rings (SSSR count). The maximum absolute atomic E-state index is 5.47. The molecular formula is C21H29N5S2. The predicted molar refractivity (Wildman–Crippen MR) is 122 cm³/mol. The lowest BCUT2D eigenvalue weighted by Gasteiger charge is -2.24. The summed E-state index contributed by atoms with van der Waals surface area (Å²) in [6.45, 7) is 0. The molecular weight excluding hydrogens is 386 g/mol. The number of aromatic nitrogens is 2. The van der Waals surface area contributed by atoms with Crippen molar-refractivity contribution in [3.05, 3.63) is 24.3 Å². The third kappa shape index (κ3) is 5.41. The molecule has 0 bridgehead atoms. The maximum atomic E-state index is 5.47. The Morgan fingerprint density at radius 1 is 0.857 bits per heavy atom. The minimum atomic E-state index is 0.518. The monoisotopic (exact) mass is 415 g/mol. The van der Waals surface area contributed by atoms with E-state index < -0.39 is 0 Å². The van der Waals surface area contributed by atoms with Crippen LogP contribution in [-0.2, 0) is 0 Å². The van der Waals surface area contributed by atoms with Gasteiger partial charge in [0.15, 0.2) is 5.11 Å². The molecule has 5 nitrogen and oxygen atoms in total. The third-order valence-corrected chi connectivity index (χ3v) is 6.81. The molecule has 28 heavy (non-hydrogen) atoms. The number of hydrogen-bond acceptors (Lipinski definition) is 5. The summed E-state index contributed by atoms with van der Waals surface area (Å²) in [5.41, 5.74) is 2.09. The zero-order chi connectivity index (χ0) is 19.2. The van der Waals surface area contributed by atoms with Crippen LogP contribution >= 0.6 is 23.6 Å². The van der Waals surface area contributed by atoms with Crippen LogP contribution in [0.1, 0.15) is 64.2 Å². The number of anilines is 2. The van der Waals surface area contributed by atoms with Gasteiger partial charge in [-0.15, -0.1) is 10.2 Å². The van der Waals surface area contributed by atoms with Crippen LogP contribution in [0.2, 0.25) is 0 Å². The normalized spacial score (nSPS) is 18.6. The van der Waals surface area contributed by atoms with E-state index in [1.807, 2.05) is 0 Å². The highest BCUT2D eigenvalue weighted by molar-refractivity contribution is 7.80. The second-order valence-corrected chi connectivity index (χ2v) is 9.29. The van der Waals surface area contributed by atoms with E-state index >= 15 is 0 Å². The Morgan fingerprint density at radius 3 is 2.18 bits per heavy atom. The van der Waals surface area contributed by atoms with Crippen molar-refractivity contribution in [1.82, 2.24) is 15.5 Å². The van der Waals surface area contributed by atoms with Gasteiger partial charge in [-0.1, -0.05) is 49.9 Å². The van der Waals surface area contributed by atoms with Crippen LogP contribution in [0.3, 0.4) is 0 Å². The van der Waals surface area contributed by atoms with Gasteiger partial charge in [-0.2, -0.15) is 0 Å². The molecule has 3 N–H and O–H groups in total. The van der Waals surface area contributed by atoms with E-state index in [0.29, 0.717) is 12.1 Å². The van der Waals surface area contributed by atoms with Crippen molar-refractivity contribution in [3.8, 4) is 10.6 Å². The molecule has 0 unspecified atom stereocenters. The van der Waals surface area contributed by atoms with E-state index in [4.69, 9.17) is 12.2 Å². The second-order valence-electron chi connectivity index (χ2n) is 7.90. The average molecular weight is 416 g/mol. The number of hydrogen-bond donors (Lipinski definition) is 3. The van der Waals surface area contributed by atoms with Crippen LogP contribution in [0.4, 0.5) is 10.8 Å². The van der Waals surface area contributed by atoms with Crippen LogP contribution in [0.5, 0.6) is 0 Å². The van der Waals surface area contributed by atoms with Gasteiger partial charge in [0.2, 0.25) is 5.13 Å². The summed E-state index contributed by atoms with van der Waals surface area (Å²) in [7, 11) is 0. The van der Waals surface area contributed by atoms with Crippen molar-refractivity contribution in [2.24, 2.45) is 0 Å². The summed E-state index contributed by atoms with van der Waals surface area (Å²) in [6.07, 6.45) is 12.9. The molecule has 0 amide bonds. The van der Waals surface area contributed by atoms with Crippen LogP contribution in [0.25, 0.3) is 10.6 Å². The highest BCUT2D eigenvalue weighted by Gasteiger charge is 2.16. The summed E-state index contributed by atoms with van der Waals surface area (Å²) < 4.78 is 0. The fraction of sp³-hybridized carbons (Fsp3) is 0.571. The molecule has 0 aliphatic heterocycles. The van der Waals surface area contributed by atoms with E-state index in [1.165, 1.54) is 64.2 Å². The van der Waals surface area contributed by atoms with Crippen molar-refractivity contribution in [2.45, 2.75) is 76.3 Å². The molecule has 150 valence electrons. The van der Waals surface area contributed by atoms with Gasteiger partial charge in [0.25, 0.3) is 0 Å². The molecule has 1 aromatic heterocycles. The minimum Gasteiger partial charge on any atom is -0.360 e. The van der Waals surface area contributed by atoms with E-state index in [0.717, 1.165) is 26.5 Å². The quantitative estimate of drug-likeness (QED) is 0.555. The molecule has 0 spiro atoms. The topological polar surface area (TPSA) is 61.9 Å². The van der Waals surface area contributed by atoms with Gasteiger partial charge in [0.1, 0.15) is 5.01 Å². The fourth-order valence-electron chi connectivity index (χ4n) is 4.12. The van der Waals surface area contributed by atoms with Crippen molar-refractivity contribution in [3.63, 3.8) is 0 Å². The van der Waals surface area contributed by atoms with Crippen LogP contribution in [0, 0.1) is 0 Å². The predicted octanol–water partition coefficient (Wildman–Crippen LogP) is 5.57. The third-order valence-electron chi connectivity index (χ3n) is 5.69. The molecule has 1 heterocycles. The second kappa shape index (κ2) is 9.65. The van der Waals surface area contributed by atoms with Crippen molar-refractivity contribution in [2.75, 3.05) is 10.6 Å². The lowest BCUT2D eigenvalue weighted by Crippen LogP contribution is -2.38. The highest BCUT2D eigenvalue weighted by Crippen LogP contribution is 2.29. The first kappa shape index (κ1) is 19.6. The smallest absolute Gasteiger partial charge is 0.206 e. The molecule has 0 saturated heterocycles. The van der Waals surface area contributed by atoms with Crippen molar-refractivity contribution in [1.29, 1.82) is 0 Å². The molecule has 0 atom stereocenters. The Morgan fingerprint density at radius 2 is 1.50 bits per heavy atom. The van der Waals surface area contributed by atoms with Crippen molar-refractivity contribution < 1.29 is 0 Å². The lowest BCUT2D eigenvalue weighted by molar-refractivity contribution is 0.415. The first-order valence-electron chi connectivity index (χ1n) is 10.5. The molecule has 7 heteroatoms.